The zero-order chi connectivity index (χ0) is 17.1. The Hall–Kier alpha value is -2.80. The maximum atomic E-state index is 11.6. The lowest BCUT2D eigenvalue weighted by Gasteiger charge is -2.07. The molecular formula is C15H12ClNO6. The van der Waals surface area contributed by atoms with Crippen LogP contribution in [0, 0.1) is 0 Å². The van der Waals surface area contributed by atoms with Crippen molar-refractivity contribution in [3.05, 3.63) is 52.3 Å². The molecule has 0 aliphatic carbocycles. The molecule has 1 aromatic carbocycles. The number of aromatic carboxylic acids is 1. The highest BCUT2D eigenvalue weighted by Crippen LogP contribution is 2.21. The number of aromatic nitrogens is 1. The van der Waals surface area contributed by atoms with Gasteiger partial charge >= 0.3 is 11.9 Å². The third-order valence-corrected chi connectivity index (χ3v) is 3.37. The van der Waals surface area contributed by atoms with Crippen LogP contribution in [0.1, 0.15) is 26.5 Å². The van der Waals surface area contributed by atoms with Crippen molar-refractivity contribution in [2.24, 2.45) is 7.05 Å². The van der Waals surface area contributed by atoms with Crippen LogP contribution >= 0.6 is 11.6 Å². The zero-order valence-electron chi connectivity index (χ0n) is 11.9. The molecule has 0 atom stereocenters. The molecular weight excluding hydrogens is 326 g/mol. The predicted octanol–water partition coefficient (Wildman–Crippen LogP) is 2.22. The van der Waals surface area contributed by atoms with E-state index in [4.69, 9.17) is 21.4 Å². The van der Waals surface area contributed by atoms with Crippen LogP contribution in [-0.2, 0) is 18.4 Å². The molecule has 0 aliphatic rings. The highest BCUT2D eigenvalue weighted by molar-refractivity contribution is 6.39. The van der Waals surface area contributed by atoms with Gasteiger partial charge in [-0.3, -0.25) is 4.79 Å². The first-order valence-corrected chi connectivity index (χ1v) is 6.77. The fourth-order valence-electron chi connectivity index (χ4n) is 2.10. The van der Waals surface area contributed by atoms with Crippen LogP contribution < -0.4 is 4.74 Å². The molecule has 0 saturated carbocycles. The van der Waals surface area contributed by atoms with E-state index in [1.165, 1.54) is 13.1 Å². The molecule has 0 spiro atoms. The van der Waals surface area contributed by atoms with Crippen LogP contribution in [0.5, 0.6) is 5.75 Å². The van der Waals surface area contributed by atoms with E-state index in [2.05, 4.69) is 0 Å². The molecule has 120 valence electrons. The van der Waals surface area contributed by atoms with Gasteiger partial charge in [0.2, 0.25) is 0 Å². The minimum atomic E-state index is -1.66. The molecule has 0 unspecified atom stereocenters. The topological polar surface area (TPSA) is 106 Å². The van der Waals surface area contributed by atoms with E-state index in [9.17, 15) is 19.5 Å². The minimum absolute atomic E-state index is 0.150. The number of carbonyl (C=O) groups is 3. The van der Waals surface area contributed by atoms with Gasteiger partial charge in [0.1, 0.15) is 18.1 Å². The Bertz CT molecular complexity index is 795. The van der Waals surface area contributed by atoms with Crippen molar-refractivity contribution in [3.63, 3.8) is 0 Å². The van der Waals surface area contributed by atoms with Crippen molar-refractivity contribution >= 4 is 29.3 Å². The van der Waals surface area contributed by atoms with E-state index in [1.54, 1.807) is 24.3 Å². The second-order valence-electron chi connectivity index (χ2n) is 4.65. The number of carbonyl (C=O) groups excluding carboxylic acids is 1. The van der Waals surface area contributed by atoms with Gasteiger partial charge in [-0.2, -0.15) is 0 Å². The van der Waals surface area contributed by atoms with Gasteiger partial charge in [-0.25, -0.2) is 9.59 Å². The van der Waals surface area contributed by atoms with Gasteiger partial charge in [0, 0.05) is 17.6 Å². The first-order valence-electron chi connectivity index (χ1n) is 6.39. The van der Waals surface area contributed by atoms with Gasteiger partial charge in [0.25, 0.3) is 5.78 Å². The number of Topliss-reactive ketones (excluding diaryl/α,β-unsaturated/α-hetero) is 1. The number of carboxylic acid groups (broad SMARTS) is 2. The molecule has 0 radical (unpaired) electrons. The number of halogens is 1. The summed E-state index contributed by atoms with van der Waals surface area (Å²) >= 11 is 5.83. The third kappa shape index (κ3) is 3.51. The summed E-state index contributed by atoms with van der Waals surface area (Å²) in [6.07, 6.45) is 0. The van der Waals surface area contributed by atoms with Crippen molar-refractivity contribution in [3.8, 4) is 5.75 Å². The normalized spacial score (nSPS) is 10.3. The van der Waals surface area contributed by atoms with E-state index in [0.717, 1.165) is 4.57 Å². The summed E-state index contributed by atoms with van der Waals surface area (Å²) in [5, 5.41) is 18.5. The van der Waals surface area contributed by atoms with E-state index in [1.807, 2.05) is 0 Å². The van der Waals surface area contributed by atoms with Gasteiger partial charge in [-0.1, -0.05) is 17.7 Å². The fourth-order valence-corrected chi connectivity index (χ4v) is 2.28. The van der Waals surface area contributed by atoms with Crippen molar-refractivity contribution in [1.82, 2.24) is 4.57 Å². The summed E-state index contributed by atoms with van der Waals surface area (Å²) in [5.41, 5.74) is -0.263. The van der Waals surface area contributed by atoms with Crippen LogP contribution in [0.25, 0.3) is 0 Å². The lowest BCUT2D eigenvalue weighted by atomic mass is 10.2. The number of aliphatic carboxylic acids is 1. The molecule has 0 bridgehead atoms. The quantitative estimate of drug-likeness (QED) is 0.618. The number of hydrogen-bond donors (Lipinski definition) is 2. The lowest BCUT2D eigenvalue weighted by Crippen LogP contribution is -2.18. The molecule has 0 aliphatic heterocycles. The number of nitrogens with zero attached hydrogens (tertiary/aromatic N) is 1. The molecule has 1 heterocycles. The Morgan fingerprint density at radius 3 is 2.48 bits per heavy atom. The minimum Gasteiger partial charge on any atom is -0.489 e. The Morgan fingerprint density at radius 1 is 1.22 bits per heavy atom. The van der Waals surface area contributed by atoms with E-state index < -0.39 is 17.7 Å². The average Bonchev–Trinajstić information content (AvgIpc) is 2.81. The zero-order valence-corrected chi connectivity index (χ0v) is 12.7. The Labute approximate surface area is 135 Å². The third-order valence-electron chi connectivity index (χ3n) is 3.13. The number of ether oxygens (including phenoxy) is 1. The highest BCUT2D eigenvalue weighted by atomic mass is 35.5. The lowest BCUT2D eigenvalue weighted by molar-refractivity contribution is -0.131. The molecule has 2 rings (SSSR count). The van der Waals surface area contributed by atoms with Crippen molar-refractivity contribution < 1.29 is 29.3 Å². The van der Waals surface area contributed by atoms with E-state index in [0.29, 0.717) is 10.8 Å². The summed E-state index contributed by atoms with van der Waals surface area (Å²) in [5.74, 6) is -3.72. The Morgan fingerprint density at radius 2 is 1.91 bits per heavy atom. The van der Waals surface area contributed by atoms with Crippen LogP contribution in [0.4, 0.5) is 0 Å². The number of carboxylic acids is 2. The summed E-state index contributed by atoms with van der Waals surface area (Å²) in [6.45, 7) is -0.150. The van der Waals surface area contributed by atoms with Crippen LogP contribution in [0.15, 0.2) is 30.3 Å². The number of rotatable bonds is 6. The molecule has 0 fully saturated rings. The summed E-state index contributed by atoms with van der Waals surface area (Å²) in [6, 6.07) is 7.71. The SMILES string of the molecule is Cn1c(C(=O)C(=O)O)cc(COc2cccc(Cl)c2)c1C(=O)O. The van der Waals surface area contributed by atoms with E-state index in [-0.39, 0.29) is 23.6 Å². The summed E-state index contributed by atoms with van der Waals surface area (Å²) in [4.78, 5) is 33.8. The number of benzene rings is 1. The van der Waals surface area contributed by atoms with Gasteiger partial charge in [0.05, 0.1) is 5.69 Å². The number of ketones is 1. The predicted molar refractivity (Wildman–Crippen MR) is 80.1 cm³/mol. The van der Waals surface area contributed by atoms with Gasteiger partial charge in [-0.05, 0) is 24.3 Å². The second kappa shape index (κ2) is 6.53. The molecule has 2 N–H and O–H groups in total. The molecule has 1 aromatic heterocycles. The maximum absolute atomic E-state index is 11.6. The standard InChI is InChI=1S/C15H12ClNO6/c1-17-11(13(18)15(21)22)5-8(12(17)14(19)20)7-23-10-4-2-3-9(16)6-10/h2-6H,7H2,1H3,(H,19,20)(H,21,22). The van der Waals surface area contributed by atoms with Crippen molar-refractivity contribution in [1.29, 1.82) is 0 Å². The van der Waals surface area contributed by atoms with Crippen molar-refractivity contribution in [2.45, 2.75) is 6.61 Å². The molecule has 2 aromatic rings. The second-order valence-corrected chi connectivity index (χ2v) is 5.08. The molecule has 7 nitrogen and oxygen atoms in total. The van der Waals surface area contributed by atoms with Crippen LogP contribution in [-0.4, -0.2) is 32.5 Å². The molecule has 23 heavy (non-hydrogen) atoms. The molecule has 8 heteroatoms. The van der Waals surface area contributed by atoms with E-state index >= 15 is 0 Å². The maximum Gasteiger partial charge on any atom is 0.378 e. The van der Waals surface area contributed by atoms with Crippen LogP contribution in [0.3, 0.4) is 0 Å². The van der Waals surface area contributed by atoms with Gasteiger partial charge in [-0.15, -0.1) is 0 Å². The van der Waals surface area contributed by atoms with Crippen molar-refractivity contribution in [2.75, 3.05) is 0 Å². The first-order chi connectivity index (χ1) is 10.8. The first kappa shape index (κ1) is 16.6. The van der Waals surface area contributed by atoms with Gasteiger partial charge < -0.3 is 19.5 Å². The summed E-state index contributed by atoms with van der Waals surface area (Å²) in [7, 11) is 1.31. The largest absolute Gasteiger partial charge is 0.489 e. The fraction of sp³-hybridized carbons (Fsp3) is 0.133. The highest BCUT2D eigenvalue weighted by Gasteiger charge is 2.25. The van der Waals surface area contributed by atoms with Crippen LogP contribution in [0.2, 0.25) is 5.02 Å². The molecule has 0 saturated heterocycles. The number of hydrogen-bond acceptors (Lipinski definition) is 4. The van der Waals surface area contributed by atoms with Gasteiger partial charge in [0.15, 0.2) is 0 Å². The monoisotopic (exact) mass is 337 g/mol. The molecule has 0 amide bonds. The average molecular weight is 338 g/mol. The Kier molecular flexibility index (Phi) is 4.71. The Balaban J connectivity index is 2.34. The summed E-state index contributed by atoms with van der Waals surface area (Å²) < 4.78 is 6.48. The smallest absolute Gasteiger partial charge is 0.378 e.